The Morgan fingerprint density at radius 3 is 2.00 bits per heavy atom. The zero-order valence-corrected chi connectivity index (χ0v) is 11.8. The molecule has 0 N–H and O–H groups in total. The quantitative estimate of drug-likeness (QED) is 0.396. The number of hydrogen-bond donors (Lipinski definition) is 0. The van der Waals surface area contributed by atoms with Crippen molar-refractivity contribution >= 4 is 37.4 Å². The van der Waals surface area contributed by atoms with Crippen molar-refractivity contribution in [3.8, 4) is 0 Å². The molecule has 0 saturated carbocycles. The van der Waals surface area contributed by atoms with Crippen LogP contribution in [0.2, 0.25) is 8.87 Å². The van der Waals surface area contributed by atoms with Crippen LogP contribution in [0.15, 0.2) is 3.21 Å². The van der Waals surface area contributed by atoms with Crippen molar-refractivity contribution in [3.05, 3.63) is 0 Å². The molecule has 0 fully saturated rings. The Morgan fingerprint density at radius 1 is 1.17 bits per heavy atom. The molecule has 0 unspecified atom stereocenters. The SMILES string of the molecule is CCC[CH2][Sn]([CH2]CCC)[N]=C=S. The molecule has 0 saturated heterocycles. The fourth-order valence-electron chi connectivity index (χ4n) is 1.06. The Morgan fingerprint density at radius 2 is 1.67 bits per heavy atom. The van der Waals surface area contributed by atoms with Gasteiger partial charge in [0.25, 0.3) is 0 Å². The Hall–Kier alpha value is 0.599. The van der Waals surface area contributed by atoms with Gasteiger partial charge in [0.2, 0.25) is 0 Å². The Kier molecular flexibility index (Phi) is 10.2. The second-order valence-corrected chi connectivity index (χ2v) is 9.88. The van der Waals surface area contributed by atoms with Crippen LogP contribution in [-0.2, 0) is 0 Å². The van der Waals surface area contributed by atoms with E-state index in [0.717, 1.165) is 0 Å². The van der Waals surface area contributed by atoms with E-state index in [4.69, 9.17) is 0 Å². The molecule has 0 aromatic carbocycles. The predicted molar refractivity (Wildman–Crippen MR) is 60.2 cm³/mol. The summed E-state index contributed by atoms with van der Waals surface area (Å²) >= 11 is 3.26. The first-order chi connectivity index (χ1) is 5.85. The summed E-state index contributed by atoms with van der Waals surface area (Å²) in [6.45, 7) is 4.48. The maximum absolute atomic E-state index is 4.66. The van der Waals surface area contributed by atoms with Crippen molar-refractivity contribution in [2.24, 2.45) is 3.21 Å². The normalized spacial score (nSPS) is 9.92. The summed E-state index contributed by atoms with van der Waals surface area (Å²) in [6.07, 6.45) is 5.28. The van der Waals surface area contributed by atoms with Crippen LogP contribution in [0.1, 0.15) is 39.5 Å². The molecule has 0 aromatic heterocycles. The number of nitrogens with zero attached hydrogens (tertiary/aromatic N) is 1. The molecule has 0 aliphatic rings. The third-order valence-corrected chi connectivity index (χ3v) is 8.93. The molecule has 0 bridgehead atoms. The monoisotopic (exact) mass is 292 g/mol. The van der Waals surface area contributed by atoms with Crippen LogP contribution in [0.5, 0.6) is 0 Å². The van der Waals surface area contributed by atoms with Crippen LogP contribution < -0.4 is 0 Å². The van der Waals surface area contributed by atoms with E-state index in [0.29, 0.717) is 0 Å². The number of thiocarbonyl (C=S) groups is 1. The number of isothiocyanates is 1. The van der Waals surface area contributed by atoms with E-state index in [1.807, 2.05) is 0 Å². The van der Waals surface area contributed by atoms with Gasteiger partial charge in [0, 0.05) is 0 Å². The standard InChI is InChI=1S/2C4H9.CNS.Sn/c2*1-3-4-2;2-1-3;/h2*1,3-4H2,2H3;;/q;;-1;+1. The maximum atomic E-state index is 4.66. The third-order valence-electron chi connectivity index (χ3n) is 1.84. The van der Waals surface area contributed by atoms with E-state index >= 15 is 0 Å². The van der Waals surface area contributed by atoms with Crippen LogP contribution in [0.4, 0.5) is 0 Å². The summed E-state index contributed by atoms with van der Waals surface area (Å²) in [5.41, 5.74) is 0. The first kappa shape index (κ1) is 12.6. The summed E-state index contributed by atoms with van der Waals surface area (Å²) in [4.78, 5) is 0. The Labute approximate surface area is 88.7 Å². The van der Waals surface area contributed by atoms with Gasteiger partial charge >= 0.3 is 89.0 Å². The van der Waals surface area contributed by atoms with Crippen LogP contribution in [0, 0.1) is 0 Å². The fourth-order valence-corrected chi connectivity index (χ4v) is 8.00. The number of hydrogen-bond acceptors (Lipinski definition) is 2. The van der Waals surface area contributed by atoms with Gasteiger partial charge in [-0.05, 0) is 0 Å². The van der Waals surface area contributed by atoms with Crippen molar-refractivity contribution in [2.45, 2.75) is 48.4 Å². The van der Waals surface area contributed by atoms with E-state index in [1.165, 1.54) is 34.6 Å². The average Bonchev–Trinajstić information content (AvgIpc) is 2.10. The van der Waals surface area contributed by atoms with E-state index in [2.05, 4.69) is 34.4 Å². The van der Waals surface area contributed by atoms with E-state index < -0.39 is 20.0 Å². The van der Waals surface area contributed by atoms with Gasteiger partial charge in [0.05, 0.1) is 0 Å². The zero-order valence-electron chi connectivity index (χ0n) is 8.10. The van der Waals surface area contributed by atoms with E-state index in [9.17, 15) is 0 Å². The molecular formula is C9H18NSSn. The van der Waals surface area contributed by atoms with Crippen LogP contribution >= 0.6 is 12.2 Å². The van der Waals surface area contributed by atoms with Crippen molar-refractivity contribution in [1.82, 2.24) is 0 Å². The second-order valence-electron chi connectivity index (χ2n) is 2.98. The average molecular weight is 291 g/mol. The molecule has 1 nitrogen and oxygen atoms in total. The molecule has 0 aromatic rings. The molecule has 0 aliphatic heterocycles. The topological polar surface area (TPSA) is 12.4 Å². The zero-order chi connectivity index (χ0) is 9.23. The minimum atomic E-state index is -1.40. The van der Waals surface area contributed by atoms with Gasteiger partial charge in [-0.15, -0.1) is 0 Å². The molecule has 69 valence electrons. The summed E-state index contributed by atoms with van der Waals surface area (Å²) in [7, 11) is 0. The molecular weight excluding hydrogens is 273 g/mol. The van der Waals surface area contributed by atoms with Crippen LogP contribution in [0.25, 0.3) is 0 Å². The summed E-state index contributed by atoms with van der Waals surface area (Å²) < 4.78 is 7.12. The Balaban J connectivity index is 3.61. The summed E-state index contributed by atoms with van der Waals surface area (Å²) in [5.74, 6) is 0. The first-order valence-electron chi connectivity index (χ1n) is 4.77. The van der Waals surface area contributed by atoms with Gasteiger partial charge in [-0.25, -0.2) is 0 Å². The second kappa shape index (κ2) is 9.68. The summed E-state index contributed by atoms with van der Waals surface area (Å²) in [5, 5.41) is 2.58. The molecule has 0 atom stereocenters. The van der Waals surface area contributed by atoms with Crippen LogP contribution in [0.3, 0.4) is 0 Å². The number of rotatable bonds is 7. The van der Waals surface area contributed by atoms with Crippen molar-refractivity contribution in [2.75, 3.05) is 0 Å². The van der Waals surface area contributed by atoms with Gasteiger partial charge in [-0.2, -0.15) is 0 Å². The molecule has 0 heterocycles. The summed E-state index contributed by atoms with van der Waals surface area (Å²) in [6, 6.07) is 0. The predicted octanol–water partition coefficient (Wildman–Crippen LogP) is 3.68. The molecule has 0 rings (SSSR count). The number of unbranched alkanes of at least 4 members (excludes halogenated alkanes) is 2. The van der Waals surface area contributed by atoms with Gasteiger partial charge in [0.15, 0.2) is 0 Å². The molecule has 12 heavy (non-hydrogen) atoms. The van der Waals surface area contributed by atoms with Crippen molar-refractivity contribution in [1.29, 1.82) is 0 Å². The van der Waals surface area contributed by atoms with Crippen molar-refractivity contribution in [3.63, 3.8) is 0 Å². The van der Waals surface area contributed by atoms with E-state index in [1.54, 1.807) is 0 Å². The van der Waals surface area contributed by atoms with Gasteiger partial charge < -0.3 is 0 Å². The molecule has 1 radical (unpaired) electrons. The van der Waals surface area contributed by atoms with E-state index in [-0.39, 0.29) is 0 Å². The minimum absolute atomic E-state index is 1.29. The molecule has 0 spiro atoms. The molecule has 3 heteroatoms. The Bertz CT molecular complexity index is 135. The first-order valence-corrected chi connectivity index (χ1v) is 10.5. The molecule has 0 aliphatic carbocycles. The van der Waals surface area contributed by atoms with Gasteiger partial charge in [-0.3, -0.25) is 0 Å². The third kappa shape index (κ3) is 7.26. The van der Waals surface area contributed by atoms with Gasteiger partial charge in [-0.1, -0.05) is 0 Å². The van der Waals surface area contributed by atoms with Crippen molar-refractivity contribution < 1.29 is 0 Å². The molecule has 0 amide bonds. The fraction of sp³-hybridized carbons (Fsp3) is 0.889. The van der Waals surface area contributed by atoms with Gasteiger partial charge in [0.1, 0.15) is 0 Å². The van der Waals surface area contributed by atoms with Crippen LogP contribution in [-0.4, -0.2) is 25.2 Å².